The Bertz CT molecular complexity index is 856. The van der Waals surface area contributed by atoms with Crippen LogP contribution in [0, 0.1) is 11.6 Å². The van der Waals surface area contributed by atoms with Crippen LogP contribution in [-0.4, -0.2) is 29.3 Å². The fraction of sp³-hybridized carbons (Fsp3) is 0.188. The van der Waals surface area contributed by atoms with Gasteiger partial charge in [-0.25, -0.2) is 13.6 Å². The molecule has 1 aliphatic heterocycles. The number of halogens is 2. The maximum atomic E-state index is 13.6. The third-order valence-corrected chi connectivity index (χ3v) is 4.88. The number of imide groups is 1. The average Bonchev–Trinajstić information content (AvgIpc) is 3.16. The van der Waals surface area contributed by atoms with E-state index >= 15 is 0 Å². The van der Waals surface area contributed by atoms with Crippen LogP contribution in [0.15, 0.2) is 35.7 Å². The van der Waals surface area contributed by atoms with Crippen LogP contribution < -0.4 is 10.6 Å². The number of thiophene rings is 1. The summed E-state index contributed by atoms with van der Waals surface area (Å²) >= 11 is 1.30. The highest BCUT2D eigenvalue weighted by molar-refractivity contribution is 7.10. The fourth-order valence-electron chi connectivity index (χ4n) is 2.50. The van der Waals surface area contributed by atoms with E-state index in [1.165, 1.54) is 11.3 Å². The molecule has 1 aromatic carbocycles. The summed E-state index contributed by atoms with van der Waals surface area (Å²) in [6.07, 6.45) is 0. The molecule has 0 spiro atoms. The van der Waals surface area contributed by atoms with Crippen LogP contribution >= 0.6 is 11.3 Å². The summed E-state index contributed by atoms with van der Waals surface area (Å²) in [5.41, 5.74) is -1.62. The summed E-state index contributed by atoms with van der Waals surface area (Å²) in [4.78, 5) is 38.1. The van der Waals surface area contributed by atoms with Crippen molar-refractivity contribution in [2.24, 2.45) is 0 Å². The van der Waals surface area contributed by atoms with Crippen LogP contribution in [0.2, 0.25) is 0 Å². The Labute approximate surface area is 145 Å². The van der Waals surface area contributed by atoms with Crippen LogP contribution in [0.1, 0.15) is 11.8 Å². The predicted octanol–water partition coefficient (Wildman–Crippen LogP) is 2.43. The van der Waals surface area contributed by atoms with Crippen molar-refractivity contribution >= 4 is 34.9 Å². The molecule has 2 N–H and O–H groups in total. The van der Waals surface area contributed by atoms with Crippen molar-refractivity contribution in [3.63, 3.8) is 0 Å². The van der Waals surface area contributed by atoms with E-state index in [4.69, 9.17) is 0 Å². The van der Waals surface area contributed by atoms with Crippen LogP contribution in [0.3, 0.4) is 0 Å². The molecule has 25 heavy (non-hydrogen) atoms. The van der Waals surface area contributed by atoms with Gasteiger partial charge in [0.05, 0.1) is 5.69 Å². The number of amides is 4. The van der Waals surface area contributed by atoms with Gasteiger partial charge in [0.25, 0.3) is 5.91 Å². The number of nitrogens with zero attached hydrogens (tertiary/aromatic N) is 1. The molecular formula is C16H13F2N3O3S. The van der Waals surface area contributed by atoms with E-state index < -0.39 is 41.6 Å². The Kier molecular flexibility index (Phi) is 4.25. The minimum atomic E-state index is -1.25. The second-order valence-corrected chi connectivity index (χ2v) is 6.54. The zero-order valence-electron chi connectivity index (χ0n) is 13.0. The predicted molar refractivity (Wildman–Crippen MR) is 86.9 cm³/mol. The van der Waals surface area contributed by atoms with E-state index in [2.05, 4.69) is 10.6 Å². The molecule has 0 radical (unpaired) electrons. The minimum Gasteiger partial charge on any atom is -0.322 e. The number of carbonyl (C=O) groups is 3. The van der Waals surface area contributed by atoms with Crippen molar-refractivity contribution in [3.05, 3.63) is 52.2 Å². The second-order valence-electron chi connectivity index (χ2n) is 5.60. The van der Waals surface area contributed by atoms with E-state index in [0.29, 0.717) is 4.88 Å². The lowest BCUT2D eigenvalue weighted by atomic mass is 10.0. The summed E-state index contributed by atoms with van der Waals surface area (Å²) in [6.45, 7) is 0.935. The monoisotopic (exact) mass is 365 g/mol. The van der Waals surface area contributed by atoms with Crippen molar-refractivity contribution in [1.29, 1.82) is 0 Å². The standard InChI is InChI=1S/C16H13F2N3O3S/c1-16(12-3-2-6-25-12)14(23)21(15(24)20-16)8-13(22)19-11-7-9(17)4-5-10(11)18/h2-7H,8H2,1H3,(H,19,22)(H,20,24). The molecule has 1 fully saturated rings. The molecule has 2 aromatic rings. The zero-order valence-corrected chi connectivity index (χ0v) is 13.8. The van der Waals surface area contributed by atoms with E-state index in [0.717, 1.165) is 23.1 Å². The minimum absolute atomic E-state index is 0.363. The lowest BCUT2D eigenvalue weighted by molar-refractivity contribution is -0.133. The molecule has 2 heterocycles. The lowest BCUT2D eigenvalue weighted by Crippen LogP contribution is -2.41. The Morgan fingerprint density at radius 1 is 1.32 bits per heavy atom. The van der Waals surface area contributed by atoms with E-state index in [1.807, 2.05) is 0 Å². The lowest BCUT2D eigenvalue weighted by Gasteiger charge is -2.20. The molecule has 4 amide bonds. The van der Waals surface area contributed by atoms with Gasteiger partial charge in [-0.2, -0.15) is 0 Å². The first-order valence-electron chi connectivity index (χ1n) is 7.24. The SMILES string of the molecule is CC1(c2cccs2)NC(=O)N(CC(=O)Nc2cc(F)ccc2F)C1=O. The first kappa shape index (κ1) is 17.0. The summed E-state index contributed by atoms with van der Waals surface area (Å²) in [7, 11) is 0. The van der Waals surface area contributed by atoms with Gasteiger partial charge in [0, 0.05) is 10.9 Å². The summed E-state index contributed by atoms with van der Waals surface area (Å²) in [5, 5.41) is 6.48. The summed E-state index contributed by atoms with van der Waals surface area (Å²) in [6, 6.07) is 5.31. The third-order valence-electron chi connectivity index (χ3n) is 3.79. The van der Waals surface area contributed by atoms with Crippen LogP contribution in [0.25, 0.3) is 0 Å². The molecule has 3 rings (SSSR count). The molecule has 1 aliphatic rings. The Morgan fingerprint density at radius 3 is 2.76 bits per heavy atom. The van der Waals surface area contributed by atoms with E-state index in [1.54, 1.807) is 24.4 Å². The highest BCUT2D eigenvalue weighted by atomic mass is 32.1. The molecule has 1 unspecified atom stereocenters. The second kappa shape index (κ2) is 6.25. The van der Waals surface area contributed by atoms with Gasteiger partial charge in [0.1, 0.15) is 18.2 Å². The number of rotatable bonds is 4. The molecule has 6 nitrogen and oxygen atoms in total. The number of hydrogen-bond donors (Lipinski definition) is 2. The van der Waals surface area contributed by atoms with Gasteiger partial charge in [-0.15, -0.1) is 11.3 Å². The molecule has 0 aliphatic carbocycles. The van der Waals surface area contributed by atoms with Crippen molar-refractivity contribution in [2.75, 3.05) is 11.9 Å². The maximum absolute atomic E-state index is 13.6. The number of benzene rings is 1. The number of anilines is 1. The van der Waals surface area contributed by atoms with Gasteiger partial charge in [0.2, 0.25) is 5.91 Å². The fourth-order valence-corrected chi connectivity index (χ4v) is 3.33. The van der Waals surface area contributed by atoms with Crippen LogP contribution in [0.4, 0.5) is 19.3 Å². The smallest absolute Gasteiger partial charge is 0.322 e. The quantitative estimate of drug-likeness (QED) is 0.817. The first-order chi connectivity index (χ1) is 11.8. The van der Waals surface area contributed by atoms with Gasteiger partial charge < -0.3 is 10.6 Å². The third kappa shape index (κ3) is 3.10. The zero-order chi connectivity index (χ0) is 18.2. The molecule has 1 atom stereocenters. The van der Waals surface area contributed by atoms with Gasteiger partial charge in [-0.3, -0.25) is 14.5 Å². The van der Waals surface area contributed by atoms with Crippen molar-refractivity contribution in [1.82, 2.24) is 10.2 Å². The Balaban J connectivity index is 1.74. The molecule has 0 bridgehead atoms. The number of nitrogens with one attached hydrogen (secondary N) is 2. The molecule has 0 saturated carbocycles. The van der Waals surface area contributed by atoms with Crippen LogP contribution in [-0.2, 0) is 15.1 Å². The number of carbonyl (C=O) groups excluding carboxylic acids is 3. The van der Waals surface area contributed by atoms with Crippen LogP contribution in [0.5, 0.6) is 0 Å². The molecule has 9 heteroatoms. The summed E-state index contributed by atoms with van der Waals surface area (Å²) in [5.74, 6) is -2.95. The highest BCUT2D eigenvalue weighted by Gasteiger charge is 2.50. The average molecular weight is 365 g/mol. The Hall–Kier alpha value is -2.81. The number of hydrogen-bond acceptors (Lipinski definition) is 4. The first-order valence-corrected chi connectivity index (χ1v) is 8.12. The molecule has 130 valence electrons. The largest absolute Gasteiger partial charge is 0.325 e. The maximum Gasteiger partial charge on any atom is 0.325 e. The Morgan fingerprint density at radius 2 is 2.08 bits per heavy atom. The topological polar surface area (TPSA) is 78.5 Å². The normalized spacial score (nSPS) is 19.9. The van der Waals surface area contributed by atoms with Gasteiger partial charge in [-0.1, -0.05) is 6.07 Å². The number of urea groups is 1. The van der Waals surface area contributed by atoms with E-state index in [9.17, 15) is 23.2 Å². The van der Waals surface area contributed by atoms with Gasteiger partial charge >= 0.3 is 6.03 Å². The van der Waals surface area contributed by atoms with E-state index in [-0.39, 0.29) is 5.69 Å². The summed E-state index contributed by atoms with van der Waals surface area (Å²) < 4.78 is 26.7. The van der Waals surface area contributed by atoms with Gasteiger partial charge in [0.15, 0.2) is 5.54 Å². The highest BCUT2D eigenvalue weighted by Crippen LogP contribution is 2.31. The molecule has 1 aromatic heterocycles. The van der Waals surface area contributed by atoms with Crippen molar-refractivity contribution in [3.8, 4) is 0 Å². The molecular weight excluding hydrogens is 352 g/mol. The molecule has 1 saturated heterocycles. The van der Waals surface area contributed by atoms with Crippen molar-refractivity contribution in [2.45, 2.75) is 12.5 Å². The van der Waals surface area contributed by atoms with Gasteiger partial charge in [-0.05, 0) is 30.5 Å². The van der Waals surface area contributed by atoms with Crippen molar-refractivity contribution < 1.29 is 23.2 Å².